The Hall–Kier alpha value is -1.29. The molecule has 1 fully saturated rings. The summed E-state index contributed by atoms with van der Waals surface area (Å²) < 4.78 is 2.33. The van der Waals surface area contributed by atoms with Crippen molar-refractivity contribution < 1.29 is 0 Å². The van der Waals surface area contributed by atoms with Crippen LogP contribution in [0.5, 0.6) is 0 Å². The molecule has 1 aliphatic rings. The van der Waals surface area contributed by atoms with Gasteiger partial charge in [-0.1, -0.05) is 32.3 Å². The number of hydrogen-bond donors (Lipinski definition) is 1. The van der Waals surface area contributed by atoms with Crippen LogP contribution in [-0.2, 0) is 0 Å². The van der Waals surface area contributed by atoms with E-state index in [4.69, 9.17) is 0 Å². The van der Waals surface area contributed by atoms with Crippen LogP contribution in [-0.4, -0.2) is 15.6 Å². The van der Waals surface area contributed by atoms with Gasteiger partial charge in [-0.3, -0.25) is 0 Å². The van der Waals surface area contributed by atoms with Gasteiger partial charge in [-0.15, -0.1) is 11.3 Å². The molecule has 0 aliphatic heterocycles. The number of imidazole rings is 1. The molecule has 0 bridgehead atoms. The normalized spacial score (nSPS) is 17.4. The van der Waals surface area contributed by atoms with Gasteiger partial charge in [0.1, 0.15) is 0 Å². The van der Waals surface area contributed by atoms with Gasteiger partial charge >= 0.3 is 0 Å². The van der Waals surface area contributed by atoms with Crippen LogP contribution in [0.4, 0.5) is 5.95 Å². The van der Waals surface area contributed by atoms with Crippen LogP contribution in [0.1, 0.15) is 56.4 Å². The van der Waals surface area contributed by atoms with Crippen LogP contribution in [0.3, 0.4) is 0 Å². The third-order valence-corrected chi connectivity index (χ3v) is 5.10. The highest BCUT2D eigenvalue weighted by atomic mass is 32.1. The predicted octanol–water partition coefficient (Wildman–Crippen LogP) is 4.69. The molecule has 1 N–H and O–H groups in total. The molecule has 1 saturated carbocycles. The number of aromatic nitrogens is 2. The second-order valence-corrected chi connectivity index (χ2v) is 6.58. The second-order valence-electron chi connectivity index (χ2n) is 5.60. The van der Waals surface area contributed by atoms with Gasteiger partial charge in [0.05, 0.1) is 6.04 Å². The van der Waals surface area contributed by atoms with Crippen LogP contribution in [0, 0.1) is 0 Å². The van der Waals surface area contributed by atoms with Crippen molar-refractivity contribution in [3.8, 4) is 0 Å². The van der Waals surface area contributed by atoms with Gasteiger partial charge in [-0.05, 0) is 30.7 Å². The highest BCUT2D eigenvalue weighted by Crippen LogP contribution is 2.31. The van der Waals surface area contributed by atoms with Gasteiger partial charge in [0.25, 0.3) is 0 Å². The molecule has 0 saturated heterocycles. The van der Waals surface area contributed by atoms with Crippen LogP contribution < -0.4 is 5.32 Å². The fourth-order valence-corrected chi connectivity index (χ4v) is 3.96. The number of nitrogens with zero attached hydrogens (tertiary/aromatic N) is 2. The molecular formula is C16H23N3S. The van der Waals surface area contributed by atoms with E-state index in [1.807, 2.05) is 17.5 Å². The molecule has 0 spiro atoms. The summed E-state index contributed by atoms with van der Waals surface area (Å²) in [5.41, 5.74) is 0. The summed E-state index contributed by atoms with van der Waals surface area (Å²) >= 11 is 1.84. The highest BCUT2D eigenvalue weighted by molar-refractivity contribution is 7.10. The van der Waals surface area contributed by atoms with Gasteiger partial charge in [0.2, 0.25) is 5.95 Å². The first-order chi connectivity index (χ1) is 9.88. The minimum absolute atomic E-state index is 0.423. The number of nitrogens with one attached hydrogen (secondary N) is 1. The van der Waals surface area contributed by atoms with Gasteiger partial charge in [-0.2, -0.15) is 0 Å². The standard InChI is InChI=1S/C16H23N3S/c1-2-6-14(15-9-5-12-20-15)19-11-10-17-16(19)18-13-7-3-4-8-13/h5,9-14H,2-4,6-8H2,1H3,(H,17,18). The Morgan fingerprint density at radius 2 is 2.30 bits per heavy atom. The summed E-state index contributed by atoms with van der Waals surface area (Å²) in [6.45, 7) is 2.25. The van der Waals surface area contributed by atoms with Gasteiger partial charge in [-0.25, -0.2) is 4.98 Å². The quantitative estimate of drug-likeness (QED) is 0.836. The fourth-order valence-electron chi connectivity index (χ4n) is 3.10. The average molecular weight is 289 g/mol. The number of rotatable bonds is 6. The molecule has 2 aromatic heterocycles. The largest absolute Gasteiger partial charge is 0.353 e. The summed E-state index contributed by atoms with van der Waals surface area (Å²) in [5.74, 6) is 1.05. The summed E-state index contributed by atoms with van der Waals surface area (Å²) in [6.07, 6.45) is 11.7. The van der Waals surface area contributed by atoms with E-state index >= 15 is 0 Å². The van der Waals surface area contributed by atoms with Crippen LogP contribution >= 0.6 is 11.3 Å². The Kier molecular flexibility index (Phi) is 4.41. The van der Waals surface area contributed by atoms with Gasteiger partial charge in [0.15, 0.2) is 0 Å². The van der Waals surface area contributed by atoms with E-state index < -0.39 is 0 Å². The summed E-state index contributed by atoms with van der Waals surface area (Å²) in [5, 5.41) is 5.81. The molecule has 0 aromatic carbocycles. The Labute approximate surface area is 125 Å². The van der Waals surface area contributed by atoms with Gasteiger partial charge < -0.3 is 9.88 Å². The molecule has 1 aliphatic carbocycles. The minimum Gasteiger partial charge on any atom is -0.353 e. The lowest BCUT2D eigenvalue weighted by Gasteiger charge is -2.21. The Morgan fingerprint density at radius 1 is 1.45 bits per heavy atom. The Bertz CT molecular complexity index is 512. The number of thiophene rings is 1. The molecule has 1 atom stereocenters. The molecule has 2 heterocycles. The minimum atomic E-state index is 0.423. The predicted molar refractivity (Wildman–Crippen MR) is 85.5 cm³/mol. The number of hydrogen-bond acceptors (Lipinski definition) is 3. The fraction of sp³-hybridized carbons (Fsp3) is 0.562. The average Bonchev–Trinajstić information content (AvgIpc) is 3.20. The lowest BCUT2D eigenvalue weighted by Crippen LogP contribution is -2.20. The van der Waals surface area contributed by atoms with Crippen molar-refractivity contribution >= 4 is 17.3 Å². The lowest BCUT2D eigenvalue weighted by atomic mass is 10.1. The van der Waals surface area contributed by atoms with Crippen LogP contribution in [0.15, 0.2) is 29.9 Å². The Morgan fingerprint density at radius 3 is 3.00 bits per heavy atom. The molecule has 4 heteroatoms. The van der Waals surface area contributed by atoms with Gasteiger partial charge in [0, 0.05) is 23.3 Å². The van der Waals surface area contributed by atoms with Crippen molar-refractivity contribution in [1.29, 1.82) is 0 Å². The third kappa shape index (κ3) is 2.90. The molecule has 1 unspecified atom stereocenters. The zero-order valence-corrected chi connectivity index (χ0v) is 12.9. The third-order valence-electron chi connectivity index (χ3n) is 4.13. The monoisotopic (exact) mass is 289 g/mol. The van der Waals surface area contributed by atoms with E-state index in [1.54, 1.807) is 0 Å². The van der Waals surface area contributed by atoms with Crippen molar-refractivity contribution in [2.75, 3.05) is 5.32 Å². The Balaban J connectivity index is 1.82. The maximum atomic E-state index is 4.55. The maximum absolute atomic E-state index is 4.55. The molecular weight excluding hydrogens is 266 g/mol. The molecule has 3 rings (SSSR count). The van der Waals surface area contributed by atoms with Crippen molar-refractivity contribution in [3.63, 3.8) is 0 Å². The molecule has 2 aromatic rings. The first kappa shape index (κ1) is 13.7. The molecule has 0 radical (unpaired) electrons. The SMILES string of the molecule is CCCC(c1cccs1)n1ccnc1NC1CCCC1. The van der Waals surface area contributed by atoms with Crippen molar-refractivity contribution in [1.82, 2.24) is 9.55 Å². The van der Waals surface area contributed by atoms with E-state index in [9.17, 15) is 0 Å². The van der Waals surface area contributed by atoms with E-state index in [-0.39, 0.29) is 0 Å². The molecule has 108 valence electrons. The first-order valence-electron chi connectivity index (χ1n) is 7.71. The smallest absolute Gasteiger partial charge is 0.203 e. The van der Waals surface area contributed by atoms with E-state index in [0.29, 0.717) is 12.1 Å². The maximum Gasteiger partial charge on any atom is 0.203 e. The highest BCUT2D eigenvalue weighted by Gasteiger charge is 2.20. The van der Waals surface area contributed by atoms with Crippen molar-refractivity contribution in [2.24, 2.45) is 0 Å². The first-order valence-corrected chi connectivity index (χ1v) is 8.59. The summed E-state index contributed by atoms with van der Waals surface area (Å²) in [6, 6.07) is 5.42. The zero-order valence-electron chi connectivity index (χ0n) is 12.1. The number of anilines is 1. The van der Waals surface area contributed by atoms with E-state index in [0.717, 1.165) is 12.4 Å². The van der Waals surface area contributed by atoms with E-state index in [2.05, 4.69) is 45.5 Å². The van der Waals surface area contributed by atoms with E-state index in [1.165, 1.54) is 37.0 Å². The zero-order chi connectivity index (χ0) is 13.8. The van der Waals surface area contributed by atoms with Crippen molar-refractivity contribution in [2.45, 2.75) is 57.5 Å². The van der Waals surface area contributed by atoms with Crippen LogP contribution in [0.25, 0.3) is 0 Å². The molecule has 20 heavy (non-hydrogen) atoms. The topological polar surface area (TPSA) is 29.9 Å². The molecule has 3 nitrogen and oxygen atoms in total. The lowest BCUT2D eigenvalue weighted by molar-refractivity contribution is 0.541. The van der Waals surface area contributed by atoms with Crippen molar-refractivity contribution in [3.05, 3.63) is 34.8 Å². The summed E-state index contributed by atoms with van der Waals surface area (Å²) in [7, 11) is 0. The van der Waals surface area contributed by atoms with Crippen LogP contribution in [0.2, 0.25) is 0 Å². The summed E-state index contributed by atoms with van der Waals surface area (Å²) in [4.78, 5) is 5.98. The molecule has 0 amide bonds. The second kappa shape index (κ2) is 6.44.